The minimum atomic E-state index is -0.438. The highest BCUT2D eigenvalue weighted by molar-refractivity contribution is 5.80. The maximum absolute atomic E-state index is 12.5. The van der Waals surface area contributed by atoms with Gasteiger partial charge in [-0.3, -0.25) is 4.79 Å². The molecule has 0 fully saturated rings. The summed E-state index contributed by atoms with van der Waals surface area (Å²) >= 11 is 0. The Morgan fingerprint density at radius 3 is 2.52 bits per heavy atom. The highest BCUT2D eigenvalue weighted by Crippen LogP contribution is 2.29. The summed E-state index contributed by atoms with van der Waals surface area (Å²) in [5, 5.41) is 7.01. The quantitative estimate of drug-likeness (QED) is 0.748. The van der Waals surface area contributed by atoms with Gasteiger partial charge >= 0.3 is 0 Å². The summed E-state index contributed by atoms with van der Waals surface area (Å²) < 4.78 is 7.49. The van der Waals surface area contributed by atoms with Crippen LogP contribution in [0.25, 0.3) is 0 Å². The summed E-state index contributed by atoms with van der Waals surface area (Å²) in [7, 11) is 0. The van der Waals surface area contributed by atoms with Crippen LogP contribution in [0.2, 0.25) is 0 Å². The first-order chi connectivity index (χ1) is 12.1. The van der Waals surface area contributed by atoms with E-state index in [0.717, 1.165) is 17.1 Å². The van der Waals surface area contributed by atoms with Crippen LogP contribution in [0.15, 0.2) is 67.3 Å². The third-order valence-corrected chi connectivity index (χ3v) is 3.93. The molecule has 1 heterocycles. The van der Waals surface area contributed by atoms with Crippen LogP contribution in [0.4, 0.5) is 0 Å². The summed E-state index contributed by atoms with van der Waals surface area (Å²) in [4.78, 5) is 16.3. The second-order valence-electron chi connectivity index (χ2n) is 5.73. The molecule has 0 bridgehead atoms. The fourth-order valence-corrected chi connectivity index (χ4v) is 2.50. The number of nitrogens with one attached hydrogen (secondary N) is 1. The molecule has 0 aliphatic rings. The molecule has 1 N–H and O–H groups in total. The largest absolute Gasteiger partial charge is 0.457 e. The molecule has 25 heavy (non-hydrogen) atoms. The lowest BCUT2D eigenvalue weighted by molar-refractivity contribution is -0.124. The lowest BCUT2D eigenvalue weighted by Gasteiger charge is -2.20. The monoisotopic (exact) mass is 336 g/mol. The second kappa shape index (κ2) is 7.61. The van der Waals surface area contributed by atoms with Gasteiger partial charge in [0.05, 0.1) is 6.04 Å². The highest BCUT2D eigenvalue weighted by Gasteiger charge is 2.20. The van der Waals surface area contributed by atoms with Gasteiger partial charge in [-0.2, -0.15) is 5.10 Å². The number of carbonyl (C=O) groups is 1. The molecule has 2 aromatic carbocycles. The minimum Gasteiger partial charge on any atom is -0.457 e. The van der Waals surface area contributed by atoms with E-state index >= 15 is 0 Å². The molecule has 0 aliphatic heterocycles. The minimum absolute atomic E-state index is 0.132. The van der Waals surface area contributed by atoms with Crippen molar-refractivity contribution in [2.24, 2.45) is 0 Å². The van der Waals surface area contributed by atoms with Gasteiger partial charge in [-0.05, 0) is 32.0 Å². The summed E-state index contributed by atoms with van der Waals surface area (Å²) in [6.07, 6.45) is 2.94. The smallest absolute Gasteiger partial charge is 0.245 e. The van der Waals surface area contributed by atoms with E-state index < -0.39 is 6.04 Å². The summed E-state index contributed by atoms with van der Waals surface area (Å²) in [5.74, 6) is 1.34. The molecule has 0 radical (unpaired) electrons. The first kappa shape index (κ1) is 16.7. The Hall–Kier alpha value is -3.15. The van der Waals surface area contributed by atoms with E-state index in [-0.39, 0.29) is 11.9 Å². The number of amides is 1. The molecule has 0 saturated heterocycles. The number of rotatable bonds is 6. The van der Waals surface area contributed by atoms with Crippen LogP contribution in [0.5, 0.6) is 11.5 Å². The average Bonchev–Trinajstić information content (AvgIpc) is 3.17. The Morgan fingerprint density at radius 2 is 1.80 bits per heavy atom. The van der Waals surface area contributed by atoms with Gasteiger partial charge in [0.2, 0.25) is 5.91 Å². The first-order valence-corrected chi connectivity index (χ1v) is 8.11. The van der Waals surface area contributed by atoms with E-state index in [2.05, 4.69) is 15.4 Å². The third kappa shape index (κ3) is 4.03. The molecule has 0 spiro atoms. The maximum Gasteiger partial charge on any atom is 0.245 e. The third-order valence-electron chi connectivity index (χ3n) is 3.93. The molecule has 1 amide bonds. The molecule has 2 unspecified atom stereocenters. The van der Waals surface area contributed by atoms with E-state index in [4.69, 9.17) is 4.74 Å². The predicted octanol–water partition coefficient (Wildman–Crippen LogP) is 3.51. The van der Waals surface area contributed by atoms with Crippen LogP contribution in [0.1, 0.15) is 31.5 Å². The zero-order valence-electron chi connectivity index (χ0n) is 14.2. The number of hydrogen-bond donors (Lipinski definition) is 1. The van der Waals surface area contributed by atoms with Gasteiger partial charge in [0.1, 0.15) is 30.2 Å². The Balaban J connectivity index is 1.74. The summed E-state index contributed by atoms with van der Waals surface area (Å²) in [6, 6.07) is 16.6. The van der Waals surface area contributed by atoms with Gasteiger partial charge in [-0.1, -0.05) is 36.4 Å². The van der Waals surface area contributed by atoms with Crippen LogP contribution in [0.3, 0.4) is 0 Å². The van der Waals surface area contributed by atoms with E-state index in [1.54, 1.807) is 6.92 Å². The van der Waals surface area contributed by atoms with Gasteiger partial charge in [0.25, 0.3) is 0 Å². The van der Waals surface area contributed by atoms with Gasteiger partial charge in [0, 0.05) is 5.56 Å². The summed E-state index contributed by atoms with van der Waals surface area (Å²) in [6.45, 7) is 3.71. The molecule has 128 valence electrons. The van der Waals surface area contributed by atoms with Crippen molar-refractivity contribution in [1.82, 2.24) is 20.1 Å². The van der Waals surface area contributed by atoms with E-state index in [9.17, 15) is 4.79 Å². The van der Waals surface area contributed by atoms with Crippen molar-refractivity contribution in [3.63, 3.8) is 0 Å². The Morgan fingerprint density at radius 1 is 1.08 bits per heavy atom. The number of carbonyl (C=O) groups excluding carboxylic acids is 1. The fourth-order valence-electron chi connectivity index (χ4n) is 2.50. The molecule has 2 atom stereocenters. The van der Waals surface area contributed by atoms with Crippen molar-refractivity contribution in [1.29, 1.82) is 0 Å². The molecule has 6 nitrogen and oxygen atoms in total. The first-order valence-electron chi connectivity index (χ1n) is 8.11. The van der Waals surface area contributed by atoms with Crippen LogP contribution < -0.4 is 10.1 Å². The van der Waals surface area contributed by atoms with E-state index in [1.807, 2.05) is 61.5 Å². The van der Waals surface area contributed by atoms with Crippen LogP contribution in [-0.4, -0.2) is 20.7 Å². The van der Waals surface area contributed by atoms with Gasteiger partial charge in [-0.15, -0.1) is 0 Å². The number of aromatic nitrogens is 3. The molecule has 0 aliphatic carbocycles. The van der Waals surface area contributed by atoms with Gasteiger partial charge < -0.3 is 10.1 Å². The fraction of sp³-hybridized carbons (Fsp3) is 0.211. The number of ether oxygens (including phenoxy) is 1. The molecule has 3 rings (SSSR count). The van der Waals surface area contributed by atoms with Crippen molar-refractivity contribution in [3.8, 4) is 11.5 Å². The topological polar surface area (TPSA) is 69.0 Å². The lowest BCUT2D eigenvalue weighted by atomic mass is 10.1. The van der Waals surface area contributed by atoms with Crippen molar-refractivity contribution >= 4 is 5.91 Å². The summed E-state index contributed by atoms with van der Waals surface area (Å²) in [5.41, 5.74) is 0.908. The van der Waals surface area contributed by atoms with Crippen molar-refractivity contribution in [3.05, 3.63) is 72.8 Å². The van der Waals surface area contributed by atoms with E-state index in [0.29, 0.717) is 0 Å². The van der Waals surface area contributed by atoms with Crippen molar-refractivity contribution in [2.75, 3.05) is 0 Å². The van der Waals surface area contributed by atoms with Crippen molar-refractivity contribution in [2.45, 2.75) is 25.9 Å². The Kier molecular flexibility index (Phi) is 5.09. The second-order valence-corrected chi connectivity index (χ2v) is 5.73. The molecule has 6 heteroatoms. The number of nitrogens with zero attached hydrogens (tertiary/aromatic N) is 3. The Labute approximate surface area is 146 Å². The molecule has 0 saturated carbocycles. The molecule has 3 aromatic rings. The number of para-hydroxylation sites is 2. The standard InChI is InChI=1S/C19H20N4O2/c1-14(22-19(24)15(2)23-13-20-12-21-23)17-10-6-7-11-18(17)25-16-8-4-3-5-9-16/h3-15H,1-2H3,(H,22,24). The van der Waals surface area contributed by atoms with E-state index in [1.165, 1.54) is 17.3 Å². The zero-order valence-corrected chi connectivity index (χ0v) is 14.2. The lowest BCUT2D eigenvalue weighted by Crippen LogP contribution is -2.33. The molecular weight excluding hydrogens is 316 g/mol. The number of benzene rings is 2. The van der Waals surface area contributed by atoms with Crippen LogP contribution in [-0.2, 0) is 4.79 Å². The number of hydrogen-bond acceptors (Lipinski definition) is 4. The Bertz CT molecular complexity index is 818. The van der Waals surface area contributed by atoms with Crippen molar-refractivity contribution < 1.29 is 9.53 Å². The average molecular weight is 336 g/mol. The van der Waals surface area contributed by atoms with Crippen LogP contribution >= 0.6 is 0 Å². The van der Waals surface area contributed by atoms with Crippen LogP contribution in [0, 0.1) is 0 Å². The van der Waals surface area contributed by atoms with Gasteiger partial charge in [0.15, 0.2) is 0 Å². The zero-order chi connectivity index (χ0) is 17.6. The molecule has 1 aromatic heterocycles. The normalized spacial score (nSPS) is 13.0. The highest BCUT2D eigenvalue weighted by atomic mass is 16.5. The maximum atomic E-state index is 12.5. The SMILES string of the molecule is CC(NC(=O)C(C)n1cncn1)c1ccccc1Oc1ccccc1. The van der Waals surface area contributed by atoms with Gasteiger partial charge in [-0.25, -0.2) is 9.67 Å². The molecular formula is C19H20N4O2. The predicted molar refractivity (Wildman–Crippen MR) is 94.2 cm³/mol.